The topological polar surface area (TPSA) is 81.2 Å². The summed E-state index contributed by atoms with van der Waals surface area (Å²) in [7, 11) is -4.52. The Kier molecular flexibility index (Phi) is 5.45. The van der Waals surface area contributed by atoms with E-state index in [4.69, 9.17) is 4.74 Å². The highest BCUT2D eigenvalue weighted by atomic mass is 32.2. The number of aryl methyl sites for hydroxylation is 1. The molecule has 29 heavy (non-hydrogen) atoms. The molecule has 0 aliphatic carbocycles. The van der Waals surface area contributed by atoms with Gasteiger partial charge in [-0.05, 0) is 30.7 Å². The quantitative estimate of drug-likeness (QED) is 0.567. The predicted octanol–water partition coefficient (Wildman–Crippen LogP) is 4.74. The summed E-state index contributed by atoms with van der Waals surface area (Å²) in [5.74, 6) is -3.84. The molecule has 0 amide bonds. The van der Waals surface area contributed by atoms with Crippen molar-refractivity contribution in [2.45, 2.75) is 18.0 Å². The van der Waals surface area contributed by atoms with E-state index in [1.54, 1.807) is 0 Å². The molecule has 3 rings (SSSR count). The van der Waals surface area contributed by atoms with E-state index >= 15 is 0 Å². The Hall–Kier alpha value is -2.80. The first-order valence-electron chi connectivity index (χ1n) is 7.61. The third-order valence-corrected chi connectivity index (χ3v) is 5.53. The second-order valence-corrected chi connectivity index (χ2v) is 8.13. The molecule has 0 unspecified atom stereocenters. The summed E-state index contributed by atoms with van der Waals surface area (Å²) in [6, 6.07) is 3.45. The zero-order valence-corrected chi connectivity index (χ0v) is 15.9. The Morgan fingerprint density at radius 2 is 1.79 bits per heavy atom. The van der Waals surface area contributed by atoms with E-state index in [2.05, 4.69) is 9.36 Å². The maximum absolute atomic E-state index is 14.3. The van der Waals surface area contributed by atoms with Crippen LogP contribution in [0.15, 0.2) is 41.6 Å². The van der Waals surface area contributed by atoms with Gasteiger partial charge in [0.25, 0.3) is 10.0 Å². The van der Waals surface area contributed by atoms with E-state index < -0.39 is 49.8 Å². The van der Waals surface area contributed by atoms with Crippen LogP contribution in [0.25, 0.3) is 0 Å². The molecule has 0 spiro atoms. The number of alkyl halides is 3. The molecule has 0 aliphatic rings. The number of nitrogens with zero attached hydrogens (tertiary/aromatic N) is 2. The highest BCUT2D eigenvalue weighted by Crippen LogP contribution is 2.35. The lowest BCUT2D eigenvalue weighted by atomic mass is 10.1. The molecular formula is C16H10F5N3O3S2. The second-order valence-electron chi connectivity index (χ2n) is 5.70. The van der Waals surface area contributed by atoms with Crippen LogP contribution in [0.4, 0.5) is 27.1 Å². The number of hydrogen-bond donors (Lipinski definition) is 1. The lowest BCUT2D eigenvalue weighted by molar-refractivity contribution is -0.137. The fourth-order valence-corrected chi connectivity index (χ4v) is 4.01. The number of rotatable bonds is 5. The molecule has 154 valence electrons. The van der Waals surface area contributed by atoms with Gasteiger partial charge in [-0.3, -0.25) is 4.72 Å². The molecule has 1 N–H and O–H groups in total. The standard InChI is InChI=1S/C16H10F5N3O3S2/c1-8-2-9(16(19,20)21)4-10(3-8)27-13-5-12(18)14(6-11(13)17)29(25,26)24-15-22-7-23-28-15/h2-7H,1H3,(H,22,23,24). The summed E-state index contributed by atoms with van der Waals surface area (Å²) >= 11 is 0.680. The number of benzene rings is 2. The molecule has 0 radical (unpaired) electrons. The van der Waals surface area contributed by atoms with Gasteiger partial charge in [-0.2, -0.15) is 17.5 Å². The zero-order chi connectivity index (χ0) is 21.4. The van der Waals surface area contributed by atoms with Crippen molar-refractivity contribution >= 4 is 26.7 Å². The van der Waals surface area contributed by atoms with Crippen molar-refractivity contribution in [3.63, 3.8) is 0 Å². The van der Waals surface area contributed by atoms with Gasteiger partial charge >= 0.3 is 6.18 Å². The smallest absolute Gasteiger partial charge is 0.416 e. The van der Waals surface area contributed by atoms with Crippen molar-refractivity contribution in [3.05, 3.63) is 59.4 Å². The molecule has 13 heteroatoms. The maximum atomic E-state index is 14.3. The van der Waals surface area contributed by atoms with E-state index in [9.17, 15) is 30.4 Å². The molecule has 0 atom stereocenters. The van der Waals surface area contributed by atoms with E-state index in [0.717, 1.165) is 12.4 Å². The molecule has 0 fully saturated rings. The van der Waals surface area contributed by atoms with Gasteiger partial charge in [0, 0.05) is 23.7 Å². The Balaban J connectivity index is 1.94. The molecule has 0 bridgehead atoms. The van der Waals surface area contributed by atoms with E-state index in [1.165, 1.54) is 13.0 Å². The number of nitrogens with one attached hydrogen (secondary N) is 1. The van der Waals surface area contributed by atoms with Crippen molar-refractivity contribution in [2.75, 3.05) is 4.72 Å². The fraction of sp³-hybridized carbons (Fsp3) is 0.125. The average Bonchev–Trinajstić information content (AvgIpc) is 3.08. The Morgan fingerprint density at radius 1 is 1.07 bits per heavy atom. The predicted molar refractivity (Wildman–Crippen MR) is 93.3 cm³/mol. The van der Waals surface area contributed by atoms with Crippen molar-refractivity contribution < 1.29 is 35.1 Å². The fourth-order valence-electron chi connectivity index (χ4n) is 2.28. The number of anilines is 1. The number of sulfonamides is 1. The third-order valence-electron chi connectivity index (χ3n) is 3.46. The van der Waals surface area contributed by atoms with Crippen molar-refractivity contribution in [3.8, 4) is 11.5 Å². The first kappa shape index (κ1) is 20.9. The molecule has 0 aliphatic heterocycles. The van der Waals surface area contributed by atoms with Crippen LogP contribution < -0.4 is 9.46 Å². The van der Waals surface area contributed by atoms with Gasteiger partial charge in [0.1, 0.15) is 22.8 Å². The van der Waals surface area contributed by atoms with Crippen LogP contribution in [0.5, 0.6) is 11.5 Å². The van der Waals surface area contributed by atoms with Gasteiger partial charge in [-0.25, -0.2) is 22.2 Å². The summed E-state index contributed by atoms with van der Waals surface area (Å²) in [6.07, 6.45) is -3.60. The zero-order valence-electron chi connectivity index (χ0n) is 14.3. The lowest BCUT2D eigenvalue weighted by Gasteiger charge is -2.13. The largest absolute Gasteiger partial charge is 0.454 e. The van der Waals surface area contributed by atoms with E-state index in [1.807, 2.05) is 4.72 Å². The molecule has 1 aromatic heterocycles. The molecule has 3 aromatic rings. The number of aromatic nitrogens is 2. The van der Waals surface area contributed by atoms with Crippen molar-refractivity contribution in [1.82, 2.24) is 9.36 Å². The third kappa shape index (κ3) is 4.79. The molecule has 6 nitrogen and oxygen atoms in total. The van der Waals surface area contributed by atoms with Gasteiger partial charge < -0.3 is 4.74 Å². The van der Waals surface area contributed by atoms with Crippen LogP contribution in [0.2, 0.25) is 0 Å². The minimum Gasteiger partial charge on any atom is -0.454 e. The van der Waals surface area contributed by atoms with Crippen LogP contribution in [0, 0.1) is 18.6 Å². The molecule has 0 saturated heterocycles. The number of ether oxygens (including phenoxy) is 1. The van der Waals surface area contributed by atoms with Crippen LogP contribution in [-0.4, -0.2) is 17.8 Å². The summed E-state index contributed by atoms with van der Waals surface area (Å²) in [6.45, 7) is 1.37. The van der Waals surface area contributed by atoms with Crippen LogP contribution in [0.1, 0.15) is 11.1 Å². The van der Waals surface area contributed by atoms with Gasteiger partial charge in [0.2, 0.25) is 5.13 Å². The van der Waals surface area contributed by atoms with Crippen molar-refractivity contribution in [1.29, 1.82) is 0 Å². The second kappa shape index (κ2) is 7.55. The average molecular weight is 451 g/mol. The molecule has 0 saturated carbocycles. The Bertz CT molecular complexity index is 1150. The molecule has 1 heterocycles. The summed E-state index contributed by atoms with van der Waals surface area (Å²) < 4.78 is 102. The number of halogens is 5. The SMILES string of the molecule is Cc1cc(Oc2cc(F)c(S(=O)(=O)Nc3ncns3)cc2F)cc(C(F)(F)F)c1. The summed E-state index contributed by atoms with van der Waals surface area (Å²) in [5, 5.41) is -0.162. The van der Waals surface area contributed by atoms with E-state index in [0.29, 0.717) is 29.7 Å². The first-order valence-corrected chi connectivity index (χ1v) is 9.86. The van der Waals surface area contributed by atoms with Crippen LogP contribution in [0.3, 0.4) is 0 Å². The van der Waals surface area contributed by atoms with Crippen LogP contribution >= 0.6 is 11.5 Å². The van der Waals surface area contributed by atoms with Gasteiger partial charge in [0.15, 0.2) is 11.6 Å². The normalized spacial score (nSPS) is 12.1. The Morgan fingerprint density at radius 3 is 2.41 bits per heavy atom. The highest BCUT2D eigenvalue weighted by molar-refractivity contribution is 7.93. The van der Waals surface area contributed by atoms with E-state index in [-0.39, 0.29) is 10.7 Å². The molecular weight excluding hydrogens is 441 g/mol. The van der Waals surface area contributed by atoms with Gasteiger partial charge in [0.05, 0.1) is 5.56 Å². The highest BCUT2D eigenvalue weighted by Gasteiger charge is 2.31. The number of hydrogen-bond acceptors (Lipinski definition) is 6. The van der Waals surface area contributed by atoms with Crippen LogP contribution in [-0.2, 0) is 16.2 Å². The molecule has 2 aromatic carbocycles. The monoisotopic (exact) mass is 451 g/mol. The Labute approximate surface area is 165 Å². The summed E-state index contributed by atoms with van der Waals surface area (Å²) in [5.41, 5.74) is -0.856. The summed E-state index contributed by atoms with van der Waals surface area (Å²) in [4.78, 5) is 2.54. The first-order chi connectivity index (χ1) is 13.5. The maximum Gasteiger partial charge on any atom is 0.416 e. The lowest BCUT2D eigenvalue weighted by Crippen LogP contribution is -2.15. The van der Waals surface area contributed by atoms with Crippen molar-refractivity contribution in [2.24, 2.45) is 0 Å². The van der Waals surface area contributed by atoms with Gasteiger partial charge in [-0.15, -0.1) is 0 Å². The minimum atomic E-state index is -4.66. The van der Waals surface area contributed by atoms with Gasteiger partial charge in [-0.1, -0.05) is 0 Å². The minimum absolute atomic E-state index is 0.162.